The van der Waals surface area contributed by atoms with Gasteiger partial charge >= 0.3 is 0 Å². The lowest BCUT2D eigenvalue weighted by atomic mass is 10.3. The van der Waals surface area contributed by atoms with E-state index in [2.05, 4.69) is 25.6 Å². The maximum atomic E-state index is 5.76. The van der Waals surface area contributed by atoms with Crippen LogP contribution >= 0.6 is 24.0 Å². The fourth-order valence-corrected chi connectivity index (χ4v) is 2.54. The number of hydrogen-bond donors (Lipinski definition) is 2. The molecule has 0 saturated heterocycles. The Labute approximate surface area is 193 Å². The molecule has 2 heterocycles. The Morgan fingerprint density at radius 1 is 1.10 bits per heavy atom. The van der Waals surface area contributed by atoms with Gasteiger partial charge in [-0.3, -0.25) is 4.99 Å². The van der Waals surface area contributed by atoms with Crippen LogP contribution in [0, 0.1) is 13.8 Å². The molecule has 1 aromatic carbocycles. The molecule has 160 valence electrons. The topological polar surface area (TPSA) is 93.8 Å². The van der Waals surface area contributed by atoms with Crippen LogP contribution in [0.5, 0.6) is 17.4 Å². The van der Waals surface area contributed by atoms with E-state index in [4.69, 9.17) is 13.9 Å². The fourth-order valence-electron chi connectivity index (χ4n) is 2.54. The van der Waals surface area contributed by atoms with Crippen LogP contribution in [-0.4, -0.2) is 30.1 Å². The minimum absolute atomic E-state index is 0. The normalized spacial score (nSPS) is 10.9. The molecule has 0 aliphatic rings. The first-order chi connectivity index (χ1) is 14.1. The Balaban J connectivity index is 0.00000320. The molecule has 0 aliphatic heterocycles. The first kappa shape index (κ1) is 23.5. The predicted molar refractivity (Wildman–Crippen MR) is 126 cm³/mol. The standard InChI is InChI=1S/C21H25N5O3.HI/c1-14-15(2)28-20(26-14)13-25-21(22-3)24-12-16-8-9-19(23-11-16)29-18-7-5-6-17(10-18)27-4;/h5-11H,12-13H2,1-4H3,(H2,22,24,25);1H. The number of nitrogens with one attached hydrogen (secondary N) is 2. The second-order valence-electron chi connectivity index (χ2n) is 6.31. The molecular weight excluding hydrogens is 497 g/mol. The van der Waals surface area contributed by atoms with E-state index in [9.17, 15) is 0 Å². The summed E-state index contributed by atoms with van der Waals surface area (Å²) < 4.78 is 16.5. The maximum absolute atomic E-state index is 5.76. The number of benzene rings is 1. The van der Waals surface area contributed by atoms with Crippen molar-refractivity contribution in [1.29, 1.82) is 0 Å². The van der Waals surface area contributed by atoms with Gasteiger partial charge in [-0.2, -0.15) is 0 Å². The Bertz CT molecular complexity index is 954. The monoisotopic (exact) mass is 523 g/mol. The number of aliphatic imine (C=N–C) groups is 1. The molecule has 0 radical (unpaired) electrons. The Kier molecular flexibility index (Phi) is 8.90. The number of aryl methyl sites for hydroxylation is 2. The molecule has 3 rings (SSSR count). The van der Waals surface area contributed by atoms with Gasteiger partial charge in [0, 0.05) is 31.9 Å². The van der Waals surface area contributed by atoms with Crippen molar-refractivity contribution in [2.24, 2.45) is 4.99 Å². The van der Waals surface area contributed by atoms with Crippen LogP contribution in [0.3, 0.4) is 0 Å². The van der Waals surface area contributed by atoms with Crippen LogP contribution in [0.1, 0.15) is 22.9 Å². The highest BCUT2D eigenvalue weighted by atomic mass is 127. The minimum atomic E-state index is 0. The third-order valence-electron chi connectivity index (χ3n) is 4.22. The second kappa shape index (κ2) is 11.4. The number of halogens is 1. The van der Waals surface area contributed by atoms with Gasteiger partial charge in [-0.15, -0.1) is 24.0 Å². The number of methoxy groups -OCH3 is 1. The van der Waals surface area contributed by atoms with Crippen molar-refractivity contribution in [3.05, 3.63) is 65.5 Å². The molecule has 0 spiro atoms. The third-order valence-corrected chi connectivity index (χ3v) is 4.22. The number of pyridine rings is 1. The van der Waals surface area contributed by atoms with Crippen molar-refractivity contribution in [3.8, 4) is 17.4 Å². The van der Waals surface area contributed by atoms with Gasteiger partial charge in [-0.25, -0.2) is 9.97 Å². The van der Waals surface area contributed by atoms with Crippen LogP contribution in [-0.2, 0) is 13.1 Å². The van der Waals surface area contributed by atoms with Gasteiger partial charge in [0.2, 0.25) is 11.8 Å². The van der Waals surface area contributed by atoms with Gasteiger partial charge < -0.3 is 24.5 Å². The molecule has 2 aromatic heterocycles. The summed E-state index contributed by atoms with van der Waals surface area (Å²) in [4.78, 5) is 12.9. The molecule has 3 aromatic rings. The molecule has 0 saturated carbocycles. The molecule has 2 N–H and O–H groups in total. The molecule has 8 nitrogen and oxygen atoms in total. The zero-order valence-corrected chi connectivity index (χ0v) is 19.8. The maximum Gasteiger partial charge on any atom is 0.219 e. The number of ether oxygens (including phenoxy) is 2. The van der Waals surface area contributed by atoms with Gasteiger partial charge in [0.05, 0.1) is 19.3 Å². The van der Waals surface area contributed by atoms with Crippen molar-refractivity contribution in [2.45, 2.75) is 26.9 Å². The number of oxazole rings is 1. The molecule has 9 heteroatoms. The summed E-state index contributed by atoms with van der Waals surface area (Å²) in [6.45, 7) is 4.84. The largest absolute Gasteiger partial charge is 0.497 e. The SMILES string of the molecule is CN=C(NCc1ccc(Oc2cccc(OC)c2)nc1)NCc1nc(C)c(C)o1.I. The molecule has 0 bridgehead atoms. The highest BCUT2D eigenvalue weighted by Gasteiger charge is 2.07. The average molecular weight is 523 g/mol. The molecule has 0 unspecified atom stereocenters. The van der Waals surface area contributed by atoms with Crippen molar-refractivity contribution >= 4 is 29.9 Å². The van der Waals surface area contributed by atoms with E-state index in [-0.39, 0.29) is 24.0 Å². The number of hydrogen-bond acceptors (Lipinski definition) is 6. The quantitative estimate of drug-likeness (QED) is 0.275. The molecule has 0 amide bonds. The second-order valence-corrected chi connectivity index (χ2v) is 6.31. The van der Waals surface area contributed by atoms with Gasteiger partial charge in [0.25, 0.3) is 0 Å². The number of guanidine groups is 1. The summed E-state index contributed by atoms with van der Waals surface area (Å²) in [6, 6.07) is 11.2. The highest BCUT2D eigenvalue weighted by molar-refractivity contribution is 14.0. The van der Waals surface area contributed by atoms with Crippen molar-refractivity contribution in [1.82, 2.24) is 20.6 Å². The number of aromatic nitrogens is 2. The van der Waals surface area contributed by atoms with Crippen LogP contribution in [0.2, 0.25) is 0 Å². The molecule has 0 fully saturated rings. The Hall–Kier alpha value is -2.82. The zero-order chi connectivity index (χ0) is 20.6. The van der Waals surface area contributed by atoms with Crippen LogP contribution < -0.4 is 20.1 Å². The van der Waals surface area contributed by atoms with E-state index in [1.807, 2.05) is 50.2 Å². The summed E-state index contributed by atoms with van der Waals surface area (Å²) in [5.41, 5.74) is 1.89. The summed E-state index contributed by atoms with van der Waals surface area (Å²) >= 11 is 0. The zero-order valence-electron chi connectivity index (χ0n) is 17.4. The van der Waals surface area contributed by atoms with E-state index >= 15 is 0 Å². The first-order valence-corrected chi connectivity index (χ1v) is 9.21. The molecule has 0 atom stereocenters. The summed E-state index contributed by atoms with van der Waals surface area (Å²) in [5, 5.41) is 6.41. The summed E-state index contributed by atoms with van der Waals surface area (Å²) in [6.07, 6.45) is 1.76. The Morgan fingerprint density at radius 2 is 1.87 bits per heavy atom. The van der Waals surface area contributed by atoms with Gasteiger partial charge in [-0.05, 0) is 31.5 Å². The minimum Gasteiger partial charge on any atom is -0.497 e. The molecular formula is C21H26IN5O3. The van der Waals surface area contributed by atoms with E-state index in [1.54, 1.807) is 20.4 Å². The number of nitrogens with zero attached hydrogens (tertiary/aromatic N) is 3. The van der Waals surface area contributed by atoms with Gasteiger partial charge in [0.1, 0.15) is 17.3 Å². The van der Waals surface area contributed by atoms with Crippen LogP contribution in [0.15, 0.2) is 52.0 Å². The van der Waals surface area contributed by atoms with Crippen LogP contribution in [0.4, 0.5) is 0 Å². The van der Waals surface area contributed by atoms with E-state index in [0.29, 0.717) is 36.6 Å². The predicted octanol–water partition coefficient (Wildman–Crippen LogP) is 3.97. The lowest BCUT2D eigenvalue weighted by Gasteiger charge is -2.11. The van der Waals surface area contributed by atoms with Crippen molar-refractivity contribution < 1.29 is 13.9 Å². The van der Waals surface area contributed by atoms with E-state index < -0.39 is 0 Å². The van der Waals surface area contributed by atoms with E-state index in [1.165, 1.54) is 0 Å². The number of rotatable bonds is 7. The smallest absolute Gasteiger partial charge is 0.219 e. The van der Waals surface area contributed by atoms with E-state index in [0.717, 1.165) is 22.8 Å². The molecule has 0 aliphatic carbocycles. The van der Waals surface area contributed by atoms with Crippen molar-refractivity contribution in [2.75, 3.05) is 14.2 Å². The average Bonchev–Trinajstić information content (AvgIpc) is 3.07. The lowest BCUT2D eigenvalue weighted by Crippen LogP contribution is -2.36. The summed E-state index contributed by atoms with van der Waals surface area (Å²) in [5.74, 6) is 4.02. The highest BCUT2D eigenvalue weighted by Crippen LogP contribution is 2.23. The lowest BCUT2D eigenvalue weighted by molar-refractivity contribution is 0.407. The van der Waals surface area contributed by atoms with Gasteiger partial charge in [-0.1, -0.05) is 12.1 Å². The fraction of sp³-hybridized carbons (Fsp3) is 0.286. The van der Waals surface area contributed by atoms with Crippen molar-refractivity contribution in [3.63, 3.8) is 0 Å². The first-order valence-electron chi connectivity index (χ1n) is 9.21. The van der Waals surface area contributed by atoms with Crippen LogP contribution in [0.25, 0.3) is 0 Å². The Morgan fingerprint density at radius 3 is 2.50 bits per heavy atom. The summed E-state index contributed by atoms with van der Waals surface area (Å²) in [7, 11) is 3.33. The third kappa shape index (κ3) is 6.61. The van der Waals surface area contributed by atoms with Gasteiger partial charge in [0.15, 0.2) is 5.96 Å². The molecule has 30 heavy (non-hydrogen) atoms.